The van der Waals surface area contributed by atoms with Crippen molar-refractivity contribution in [2.45, 2.75) is 26.2 Å². The van der Waals surface area contributed by atoms with Gasteiger partial charge in [0, 0.05) is 25.0 Å². The summed E-state index contributed by atoms with van der Waals surface area (Å²) in [6.07, 6.45) is 5.11. The molecule has 4 nitrogen and oxygen atoms in total. The van der Waals surface area contributed by atoms with Gasteiger partial charge in [-0.3, -0.25) is 4.79 Å². The maximum atomic E-state index is 12.7. The van der Waals surface area contributed by atoms with Gasteiger partial charge in [-0.25, -0.2) is 4.98 Å². The van der Waals surface area contributed by atoms with Crippen molar-refractivity contribution in [2.75, 3.05) is 18.4 Å². The number of piperidine rings is 1. The number of carbonyl (C=O) groups excluding carboxylic acids is 1. The molecule has 0 bridgehead atoms. The van der Waals surface area contributed by atoms with E-state index in [1.807, 2.05) is 48.2 Å². The Morgan fingerprint density at radius 2 is 1.86 bits per heavy atom. The first-order valence-corrected chi connectivity index (χ1v) is 7.82. The zero-order chi connectivity index (χ0) is 15.4. The van der Waals surface area contributed by atoms with Crippen LogP contribution in [0.5, 0.6) is 0 Å². The third kappa shape index (κ3) is 3.11. The fraction of sp³-hybridized carbons (Fsp3) is 0.333. The summed E-state index contributed by atoms with van der Waals surface area (Å²) in [5.41, 5.74) is 2.76. The minimum absolute atomic E-state index is 0.0730. The van der Waals surface area contributed by atoms with E-state index in [-0.39, 0.29) is 5.91 Å². The molecule has 1 N–H and O–H groups in total. The van der Waals surface area contributed by atoms with Crippen molar-refractivity contribution < 1.29 is 4.79 Å². The first-order chi connectivity index (χ1) is 10.8. The van der Waals surface area contributed by atoms with Gasteiger partial charge in [0.15, 0.2) is 0 Å². The summed E-state index contributed by atoms with van der Waals surface area (Å²) in [4.78, 5) is 19.0. The number of hydrogen-bond donors (Lipinski definition) is 1. The number of para-hydroxylation sites is 1. The highest BCUT2D eigenvalue weighted by atomic mass is 16.2. The average molecular weight is 295 g/mol. The molecule has 1 saturated heterocycles. The number of benzene rings is 1. The van der Waals surface area contributed by atoms with Gasteiger partial charge in [0.2, 0.25) is 0 Å². The van der Waals surface area contributed by atoms with Crippen LogP contribution in [-0.4, -0.2) is 28.9 Å². The molecule has 1 aliphatic heterocycles. The Hall–Kier alpha value is -2.36. The molecule has 22 heavy (non-hydrogen) atoms. The molecular formula is C18H21N3O. The lowest BCUT2D eigenvalue weighted by atomic mass is 10.1. The van der Waals surface area contributed by atoms with Crippen LogP contribution in [0.15, 0.2) is 42.6 Å². The average Bonchev–Trinajstić information content (AvgIpc) is 2.58. The molecule has 2 heterocycles. The molecule has 4 heteroatoms. The number of nitrogens with zero attached hydrogens (tertiary/aromatic N) is 2. The molecular weight excluding hydrogens is 274 g/mol. The molecule has 114 valence electrons. The van der Waals surface area contributed by atoms with E-state index >= 15 is 0 Å². The Kier molecular flexibility index (Phi) is 4.37. The van der Waals surface area contributed by atoms with Crippen LogP contribution in [-0.2, 0) is 0 Å². The summed E-state index contributed by atoms with van der Waals surface area (Å²) in [6, 6.07) is 11.7. The molecule has 1 aromatic heterocycles. The molecule has 0 radical (unpaired) electrons. The van der Waals surface area contributed by atoms with Crippen LogP contribution in [0.4, 0.5) is 11.5 Å². The topological polar surface area (TPSA) is 45.2 Å². The number of aromatic nitrogens is 1. The first-order valence-electron chi connectivity index (χ1n) is 7.82. The van der Waals surface area contributed by atoms with Crippen molar-refractivity contribution in [3.8, 4) is 0 Å². The summed E-state index contributed by atoms with van der Waals surface area (Å²) >= 11 is 0. The van der Waals surface area contributed by atoms with Crippen LogP contribution in [0, 0.1) is 6.92 Å². The van der Waals surface area contributed by atoms with Crippen molar-refractivity contribution in [1.82, 2.24) is 9.88 Å². The van der Waals surface area contributed by atoms with Crippen LogP contribution in [0.3, 0.4) is 0 Å². The summed E-state index contributed by atoms with van der Waals surface area (Å²) in [5.74, 6) is 0.705. The SMILES string of the molecule is Cc1ccccc1Nc1ncccc1C(=O)N1CCCCC1. The van der Waals surface area contributed by atoms with Gasteiger partial charge in [0.05, 0.1) is 5.56 Å². The Balaban J connectivity index is 1.86. The molecule has 2 aromatic rings. The quantitative estimate of drug-likeness (QED) is 0.937. The second-order valence-corrected chi connectivity index (χ2v) is 5.69. The number of carbonyl (C=O) groups is 1. The van der Waals surface area contributed by atoms with Gasteiger partial charge in [-0.2, -0.15) is 0 Å². The molecule has 1 aromatic carbocycles. The van der Waals surface area contributed by atoms with Crippen molar-refractivity contribution in [3.05, 3.63) is 53.7 Å². The Morgan fingerprint density at radius 3 is 2.64 bits per heavy atom. The van der Waals surface area contributed by atoms with E-state index in [1.165, 1.54) is 6.42 Å². The summed E-state index contributed by atoms with van der Waals surface area (Å²) in [7, 11) is 0. The van der Waals surface area contributed by atoms with Crippen LogP contribution >= 0.6 is 0 Å². The minimum atomic E-state index is 0.0730. The third-order valence-electron chi connectivity index (χ3n) is 4.08. The molecule has 0 aliphatic carbocycles. The molecule has 0 spiro atoms. The lowest BCUT2D eigenvalue weighted by Crippen LogP contribution is -2.36. The normalized spacial score (nSPS) is 14.7. The van der Waals surface area contributed by atoms with Crippen molar-refractivity contribution in [1.29, 1.82) is 0 Å². The predicted molar refractivity (Wildman–Crippen MR) is 88.5 cm³/mol. The second kappa shape index (κ2) is 6.60. The van der Waals surface area contributed by atoms with Gasteiger partial charge in [-0.1, -0.05) is 18.2 Å². The lowest BCUT2D eigenvalue weighted by molar-refractivity contribution is 0.0725. The molecule has 3 rings (SSSR count). The smallest absolute Gasteiger partial charge is 0.257 e. The fourth-order valence-electron chi connectivity index (χ4n) is 2.79. The van der Waals surface area contributed by atoms with E-state index in [9.17, 15) is 4.79 Å². The number of pyridine rings is 1. The highest BCUT2D eigenvalue weighted by molar-refractivity contribution is 5.99. The van der Waals surface area contributed by atoms with Gasteiger partial charge >= 0.3 is 0 Å². The zero-order valence-electron chi connectivity index (χ0n) is 12.9. The Morgan fingerprint density at radius 1 is 1.09 bits per heavy atom. The van der Waals surface area contributed by atoms with E-state index in [4.69, 9.17) is 0 Å². The summed E-state index contributed by atoms with van der Waals surface area (Å²) in [5, 5.41) is 3.30. The number of rotatable bonds is 3. The Bertz CT molecular complexity index is 663. The van der Waals surface area contributed by atoms with E-state index in [1.54, 1.807) is 6.20 Å². The van der Waals surface area contributed by atoms with E-state index in [0.717, 1.165) is 37.2 Å². The van der Waals surface area contributed by atoms with Gasteiger partial charge in [0.1, 0.15) is 5.82 Å². The van der Waals surface area contributed by atoms with Crippen molar-refractivity contribution in [2.24, 2.45) is 0 Å². The van der Waals surface area contributed by atoms with Gasteiger partial charge < -0.3 is 10.2 Å². The molecule has 0 atom stereocenters. The maximum Gasteiger partial charge on any atom is 0.257 e. The van der Waals surface area contributed by atoms with Crippen molar-refractivity contribution in [3.63, 3.8) is 0 Å². The maximum absolute atomic E-state index is 12.7. The highest BCUT2D eigenvalue weighted by Crippen LogP contribution is 2.23. The highest BCUT2D eigenvalue weighted by Gasteiger charge is 2.21. The predicted octanol–water partition coefficient (Wildman–Crippen LogP) is 3.76. The number of nitrogens with one attached hydrogen (secondary N) is 1. The van der Waals surface area contributed by atoms with Crippen LogP contribution in [0.1, 0.15) is 35.2 Å². The molecule has 0 unspecified atom stereocenters. The van der Waals surface area contributed by atoms with Gasteiger partial charge in [-0.05, 0) is 49.9 Å². The van der Waals surface area contributed by atoms with E-state index in [2.05, 4.69) is 10.3 Å². The number of anilines is 2. The summed E-state index contributed by atoms with van der Waals surface area (Å²) < 4.78 is 0. The third-order valence-corrected chi connectivity index (χ3v) is 4.08. The summed E-state index contributed by atoms with van der Waals surface area (Å²) in [6.45, 7) is 3.73. The largest absolute Gasteiger partial charge is 0.339 e. The van der Waals surface area contributed by atoms with Crippen LogP contribution in [0.25, 0.3) is 0 Å². The minimum Gasteiger partial charge on any atom is -0.339 e. The second-order valence-electron chi connectivity index (χ2n) is 5.69. The number of amides is 1. The fourth-order valence-corrected chi connectivity index (χ4v) is 2.79. The number of aryl methyl sites for hydroxylation is 1. The molecule has 1 fully saturated rings. The zero-order valence-corrected chi connectivity index (χ0v) is 12.9. The standard InChI is InChI=1S/C18H21N3O/c1-14-8-3-4-10-16(14)20-17-15(9-7-11-19-17)18(22)21-12-5-2-6-13-21/h3-4,7-11H,2,5-6,12-13H2,1H3,(H,19,20). The van der Waals surface area contributed by atoms with Gasteiger partial charge in [-0.15, -0.1) is 0 Å². The molecule has 0 saturated carbocycles. The lowest BCUT2D eigenvalue weighted by Gasteiger charge is -2.27. The number of likely N-dealkylation sites (tertiary alicyclic amines) is 1. The van der Waals surface area contributed by atoms with Crippen LogP contribution in [0.2, 0.25) is 0 Å². The molecule has 1 amide bonds. The van der Waals surface area contributed by atoms with Crippen molar-refractivity contribution >= 4 is 17.4 Å². The van der Waals surface area contributed by atoms with E-state index < -0.39 is 0 Å². The van der Waals surface area contributed by atoms with Crippen LogP contribution < -0.4 is 5.32 Å². The Labute approximate surface area is 131 Å². The monoisotopic (exact) mass is 295 g/mol. The van der Waals surface area contributed by atoms with Gasteiger partial charge in [0.25, 0.3) is 5.91 Å². The first kappa shape index (κ1) is 14.6. The molecule has 1 aliphatic rings. The van der Waals surface area contributed by atoms with E-state index in [0.29, 0.717) is 11.4 Å². The number of hydrogen-bond acceptors (Lipinski definition) is 3.